The third-order valence-electron chi connectivity index (χ3n) is 5.02. The topological polar surface area (TPSA) is 32.8 Å². The Bertz CT molecular complexity index is 801. The molecule has 5 heteroatoms. The van der Waals surface area contributed by atoms with Crippen LogP contribution in [0.25, 0.3) is 0 Å². The lowest BCUT2D eigenvalue weighted by Gasteiger charge is -2.38. The van der Waals surface area contributed by atoms with Gasteiger partial charge in [0.05, 0.1) is 0 Å². The van der Waals surface area contributed by atoms with Crippen LogP contribution in [0.2, 0.25) is 5.02 Å². The number of piperazine rings is 1. The third-order valence-corrected chi connectivity index (χ3v) is 5.25. The highest BCUT2D eigenvalue weighted by Gasteiger charge is 2.28. The van der Waals surface area contributed by atoms with E-state index in [0.29, 0.717) is 19.5 Å². The van der Waals surface area contributed by atoms with Gasteiger partial charge in [-0.25, -0.2) is 0 Å². The highest BCUT2D eigenvalue weighted by Crippen LogP contribution is 2.25. The maximum atomic E-state index is 12.9. The van der Waals surface area contributed by atoms with E-state index in [9.17, 15) is 4.79 Å². The molecule has 0 aliphatic carbocycles. The van der Waals surface area contributed by atoms with Gasteiger partial charge >= 0.3 is 0 Å². The standard InChI is InChI=1S/C22H27ClN2O2/c1-4-21(27-19-7-5-6-16(2)14-19)22(26)25-12-10-24(11-13-25)20-15-18(23)9-8-17(20)3/h5-9,14-15,21H,4,10-13H2,1-3H3/t21-/m1/s1. The van der Waals surface area contributed by atoms with Crippen molar-refractivity contribution < 1.29 is 9.53 Å². The number of hydrogen-bond acceptors (Lipinski definition) is 3. The van der Waals surface area contributed by atoms with E-state index >= 15 is 0 Å². The lowest BCUT2D eigenvalue weighted by molar-refractivity contribution is -0.139. The minimum absolute atomic E-state index is 0.0708. The van der Waals surface area contributed by atoms with Gasteiger partial charge in [-0.05, 0) is 55.7 Å². The molecule has 0 radical (unpaired) electrons. The summed E-state index contributed by atoms with van der Waals surface area (Å²) in [5.41, 5.74) is 3.48. The summed E-state index contributed by atoms with van der Waals surface area (Å²) in [7, 11) is 0. The molecule has 0 saturated carbocycles. The molecule has 1 heterocycles. The molecule has 1 saturated heterocycles. The fourth-order valence-corrected chi connectivity index (χ4v) is 3.62. The molecule has 27 heavy (non-hydrogen) atoms. The van der Waals surface area contributed by atoms with Gasteiger partial charge < -0.3 is 14.5 Å². The number of rotatable bonds is 5. The predicted octanol–water partition coefficient (Wildman–Crippen LogP) is 4.46. The summed E-state index contributed by atoms with van der Waals surface area (Å²) < 4.78 is 5.98. The number of ether oxygens (including phenoxy) is 1. The summed E-state index contributed by atoms with van der Waals surface area (Å²) >= 11 is 6.16. The van der Waals surface area contributed by atoms with E-state index in [1.54, 1.807) is 0 Å². The first kappa shape index (κ1) is 19.6. The molecule has 1 atom stereocenters. The lowest BCUT2D eigenvalue weighted by atomic mass is 10.1. The first-order valence-corrected chi connectivity index (χ1v) is 9.89. The molecule has 0 bridgehead atoms. The van der Waals surface area contributed by atoms with Crippen molar-refractivity contribution in [2.75, 3.05) is 31.1 Å². The van der Waals surface area contributed by atoms with E-state index in [4.69, 9.17) is 16.3 Å². The van der Waals surface area contributed by atoms with E-state index in [2.05, 4.69) is 11.8 Å². The molecule has 2 aromatic carbocycles. The van der Waals surface area contributed by atoms with Crippen molar-refractivity contribution in [3.8, 4) is 5.75 Å². The van der Waals surface area contributed by atoms with Crippen LogP contribution in [0.3, 0.4) is 0 Å². The summed E-state index contributed by atoms with van der Waals surface area (Å²) in [6.07, 6.45) is 0.215. The molecule has 1 fully saturated rings. The second-order valence-corrected chi connectivity index (χ2v) is 7.51. The second-order valence-electron chi connectivity index (χ2n) is 7.07. The van der Waals surface area contributed by atoms with Crippen molar-refractivity contribution in [1.82, 2.24) is 4.90 Å². The molecule has 1 amide bonds. The van der Waals surface area contributed by atoms with Crippen LogP contribution < -0.4 is 9.64 Å². The van der Waals surface area contributed by atoms with Gasteiger partial charge in [0, 0.05) is 36.9 Å². The van der Waals surface area contributed by atoms with Crippen molar-refractivity contribution in [3.63, 3.8) is 0 Å². The quantitative estimate of drug-likeness (QED) is 0.760. The second kappa shape index (κ2) is 8.66. The molecule has 0 aromatic heterocycles. The SMILES string of the molecule is CC[C@@H](Oc1cccc(C)c1)C(=O)N1CCN(c2cc(Cl)ccc2C)CC1. The number of anilines is 1. The van der Waals surface area contributed by atoms with Crippen LogP contribution in [-0.2, 0) is 4.79 Å². The van der Waals surface area contributed by atoms with E-state index in [-0.39, 0.29) is 5.91 Å². The molecule has 4 nitrogen and oxygen atoms in total. The van der Waals surface area contributed by atoms with E-state index in [1.165, 1.54) is 5.56 Å². The molecule has 0 unspecified atom stereocenters. The summed E-state index contributed by atoms with van der Waals surface area (Å²) in [4.78, 5) is 17.2. The van der Waals surface area contributed by atoms with Crippen LogP contribution in [0.5, 0.6) is 5.75 Å². The monoisotopic (exact) mass is 386 g/mol. The van der Waals surface area contributed by atoms with Gasteiger partial charge in [-0.2, -0.15) is 0 Å². The molecular weight excluding hydrogens is 360 g/mol. The molecule has 144 valence electrons. The highest BCUT2D eigenvalue weighted by molar-refractivity contribution is 6.30. The zero-order chi connectivity index (χ0) is 19.4. The van der Waals surface area contributed by atoms with Crippen LogP contribution in [0.15, 0.2) is 42.5 Å². The van der Waals surface area contributed by atoms with E-state index < -0.39 is 6.10 Å². The summed E-state index contributed by atoms with van der Waals surface area (Å²) in [5, 5.41) is 0.742. The number of halogens is 1. The van der Waals surface area contributed by atoms with Crippen LogP contribution in [-0.4, -0.2) is 43.1 Å². The van der Waals surface area contributed by atoms with Gasteiger partial charge in [-0.15, -0.1) is 0 Å². The van der Waals surface area contributed by atoms with Crippen molar-refractivity contribution in [1.29, 1.82) is 0 Å². The zero-order valence-electron chi connectivity index (χ0n) is 16.2. The van der Waals surface area contributed by atoms with Gasteiger partial charge in [0.1, 0.15) is 5.75 Å². The third kappa shape index (κ3) is 4.75. The van der Waals surface area contributed by atoms with E-state index in [0.717, 1.165) is 35.1 Å². The predicted molar refractivity (Wildman–Crippen MR) is 111 cm³/mol. The molecule has 3 rings (SSSR count). The van der Waals surface area contributed by atoms with Crippen LogP contribution in [0, 0.1) is 13.8 Å². The Balaban J connectivity index is 1.62. The summed E-state index contributed by atoms with van der Waals surface area (Å²) in [5.74, 6) is 0.824. The Morgan fingerprint density at radius 1 is 1.11 bits per heavy atom. The van der Waals surface area contributed by atoms with Gasteiger partial charge in [0.2, 0.25) is 0 Å². The summed E-state index contributed by atoms with van der Waals surface area (Å²) in [6, 6.07) is 13.8. The number of amides is 1. The fraction of sp³-hybridized carbons (Fsp3) is 0.409. The molecule has 0 N–H and O–H groups in total. The van der Waals surface area contributed by atoms with Gasteiger partial charge in [-0.3, -0.25) is 4.79 Å². The molecular formula is C22H27ClN2O2. The average Bonchev–Trinajstić information content (AvgIpc) is 2.68. The largest absolute Gasteiger partial charge is 0.481 e. The molecule has 1 aliphatic heterocycles. The number of benzene rings is 2. The average molecular weight is 387 g/mol. The number of aryl methyl sites for hydroxylation is 2. The Morgan fingerprint density at radius 2 is 1.85 bits per heavy atom. The first-order valence-electron chi connectivity index (χ1n) is 9.51. The maximum Gasteiger partial charge on any atom is 0.263 e. The Kier molecular flexibility index (Phi) is 6.27. The van der Waals surface area contributed by atoms with Crippen molar-refractivity contribution in [2.45, 2.75) is 33.3 Å². The molecule has 1 aliphatic rings. The zero-order valence-corrected chi connectivity index (χ0v) is 17.0. The minimum atomic E-state index is -0.439. The number of nitrogens with zero attached hydrogens (tertiary/aromatic N) is 2. The van der Waals surface area contributed by atoms with Crippen LogP contribution in [0.1, 0.15) is 24.5 Å². The molecule has 0 spiro atoms. The van der Waals surface area contributed by atoms with Crippen LogP contribution in [0.4, 0.5) is 5.69 Å². The smallest absolute Gasteiger partial charge is 0.263 e. The Labute approximate surface area is 166 Å². The van der Waals surface area contributed by atoms with Gasteiger partial charge in [0.25, 0.3) is 5.91 Å². The Morgan fingerprint density at radius 3 is 2.52 bits per heavy atom. The van der Waals surface area contributed by atoms with Gasteiger partial charge in [-0.1, -0.05) is 36.7 Å². The first-order chi connectivity index (χ1) is 13.0. The maximum absolute atomic E-state index is 12.9. The van der Waals surface area contributed by atoms with Crippen molar-refractivity contribution in [3.05, 3.63) is 58.6 Å². The number of carbonyl (C=O) groups excluding carboxylic acids is 1. The Hall–Kier alpha value is -2.20. The highest BCUT2D eigenvalue weighted by atomic mass is 35.5. The number of hydrogen-bond donors (Lipinski definition) is 0. The van der Waals surface area contributed by atoms with Crippen molar-refractivity contribution >= 4 is 23.2 Å². The number of carbonyl (C=O) groups is 1. The fourth-order valence-electron chi connectivity index (χ4n) is 3.46. The van der Waals surface area contributed by atoms with Crippen molar-refractivity contribution in [2.24, 2.45) is 0 Å². The minimum Gasteiger partial charge on any atom is -0.481 e. The normalized spacial score (nSPS) is 15.6. The van der Waals surface area contributed by atoms with Gasteiger partial charge in [0.15, 0.2) is 6.10 Å². The molecule has 2 aromatic rings. The summed E-state index contributed by atoms with van der Waals surface area (Å²) in [6.45, 7) is 9.08. The lowest BCUT2D eigenvalue weighted by Crippen LogP contribution is -2.52. The van der Waals surface area contributed by atoms with E-state index in [1.807, 2.05) is 61.2 Å². The van der Waals surface area contributed by atoms with Crippen LogP contribution >= 0.6 is 11.6 Å².